The Morgan fingerprint density at radius 3 is 2.39 bits per heavy atom. The van der Waals surface area contributed by atoms with Crippen molar-refractivity contribution >= 4 is 5.69 Å². The Bertz CT molecular complexity index is 652. The van der Waals surface area contributed by atoms with Crippen LogP contribution >= 0.6 is 0 Å². The summed E-state index contributed by atoms with van der Waals surface area (Å²) < 4.78 is 0. The fourth-order valence-electron chi connectivity index (χ4n) is 4.11. The average Bonchev–Trinajstić information content (AvgIpc) is 2.60. The van der Waals surface area contributed by atoms with Crippen molar-refractivity contribution in [3.63, 3.8) is 0 Å². The molecule has 0 saturated carbocycles. The molecule has 0 spiro atoms. The number of hydrogen-bond donors (Lipinski definition) is 1. The number of anilines is 1. The second-order valence-corrected chi connectivity index (χ2v) is 7.08. The van der Waals surface area contributed by atoms with Crippen LogP contribution in [0.1, 0.15) is 25.3 Å². The summed E-state index contributed by atoms with van der Waals surface area (Å²) in [7, 11) is 0. The van der Waals surface area contributed by atoms with Gasteiger partial charge in [0.2, 0.25) is 0 Å². The van der Waals surface area contributed by atoms with Crippen LogP contribution in [0.5, 0.6) is 0 Å². The first-order valence-electron chi connectivity index (χ1n) is 8.74. The molecule has 0 aliphatic carbocycles. The lowest BCUT2D eigenvalue weighted by atomic mass is 9.79. The van der Waals surface area contributed by atoms with Crippen LogP contribution in [0, 0.1) is 12.8 Å². The van der Waals surface area contributed by atoms with Gasteiger partial charge in [0.1, 0.15) is 0 Å². The average molecular weight is 307 g/mol. The van der Waals surface area contributed by atoms with Crippen LogP contribution in [0.3, 0.4) is 0 Å². The van der Waals surface area contributed by atoms with Gasteiger partial charge in [-0.25, -0.2) is 0 Å². The molecule has 3 heteroatoms. The molecule has 1 aromatic carbocycles. The molecule has 4 heterocycles. The second-order valence-electron chi connectivity index (χ2n) is 7.08. The summed E-state index contributed by atoms with van der Waals surface area (Å²) in [5.41, 5.74) is 4.64. The second kappa shape index (κ2) is 5.97. The number of benzene rings is 1. The van der Waals surface area contributed by atoms with Crippen molar-refractivity contribution in [2.45, 2.75) is 38.8 Å². The van der Waals surface area contributed by atoms with E-state index in [2.05, 4.69) is 65.4 Å². The predicted molar refractivity (Wildman–Crippen MR) is 95.6 cm³/mol. The quantitative estimate of drug-likeness (QED) is 0.930. The zero-order valence-electron chi connectivity index (χ0n) is 14.0. The van der Waals surface area contributed by atoms with Gasteiger partial charge in [-0.2, -0.15) is 0 Å². The van der Waals surface area contributed by atoms with Gasteiger partial charge < -0.3 is 5.32 Å². The molecule has 5 rings (SSSR count). The van der Waals surface area contributed by atoms with Gasteiger partial charge in [0.05, 0.1) is 17.6 Å². The molecule has 1 aromatic heterocycles. The van der Waals surface area contributed by atoms with Gasteiger partial charge in [-0.3, -0.25) is 9.88 Å². The number of pyridine rings is 1. The Kier molecular flexibility index (Phi) is 3.82. The van der Waals surface area contributed by atoms with E-state index in [1.807, 2.05) is 6.20 Å². The molecule has 3 aliphatic rings. The Morgan fingerprint density at radius 1 is 1.04 bits per heavy atom. The molecule has 23 heavy (non-hydrogen) atoms. The van der Waals surface area contributed by atoms with Crippen molar-refractivity contribution in [2.75, 3.05) is 18.4 Å². The number of nitrogens with one attached hydrogen (secondary N) is 1. The van der Waals surface area contributed by atoms with Gasteiger partial charge in [0.15, 0.2) is 0 Å². The predicted octanol–water partition coefficient (Wildman–Crippen LogP) is 3.95. The number of fused-ring (bicyclic) bond motifs is 3. The molecule has 2 unspecified atom stereocenters. The summed E-state index contributed by atoms with van der Waals surface area (Å²) in [5, 5.41) is 3.75. The maximum atomic E-state index is 4.66. The first kappa shape index (κ1) is 14.7. The molecule has 3 saturated heterocycles. The largest absolute Gasteiger partial charge is 0.379 e. The van der Waals surface area contributed by atoms with Crippen molar-refractivity contribution in [1.82, 2.24) is 9.88 Å². The van der Waals surface area contributed by atoms with Gasteiger partial charge in [0.25, 0.3) is 0 Å². The third kappa shape index (κ3) is 2.86. The lowest BCUT2D eigenvalue weighted by Crippen LogP contribution is -2.59. The van der Waals surface area contributed by atoms with E-state index >= 15 is 0 Å². The zero-order valence-corrected chi connectivity index (χ0v) is 14.0. The summed E-state index contributed by atoms with van der Waals surface area (Å²) in [5.74, 6) is 0.812. The normalized spacial score (nSPS) is 29.5. The Morgan fingerprint density at radius 2 is 1.78 bits per heavy atom. The Labute approximate surface area is 138 Å². The van der Waals surface area contributed by atoms with Crippen molar-refractivity contribution in [2.24, 2.45) is 5.92 Å². The van der Waals surface area contributed by atoms with Crippen LogP contribution < -0.4 is 5.32 Å². The first-order valence-corrected chi connectivity index (χ1v) is 8.74. The summed E-state index contributed by atoms with van der Waals surface area (Å²) in [6.07, 6.45) is 4.65. The van der Waals surface area contributed by atoms with Crippen molar-refractivity contribution in [3.8, 4) is 11.3 Å². The molecule has 2 atom stereocenters. The number of nitrogens with zero attached hydrogens (tertiary/aromatic N) is 2. The van der Waals surface area contributed by atoms with E-state index in [-0.39, 0.29) is 0 Å². The van der Waals surface area contributed by atoms with E-state index in [1.165, 1.54) is 37.1 Å². The van der Waals surface area contributed by atoms with Gasteiger partial charge in [-0.05, 0) is 57.8 Å². The highest BCUT2D eigenvalue weighted by molar-refractivity contribution is 5.61. The standard InChI is InChI=1S/C20H25N3/c1-14-3-5-16(6-4-14)19-8-7-18(13-21-19)22-20-15(2)23-11-9-17(20)10-12-23/h3-8,13,15,17,20,22H,9-12H2,1-2H3. The summed E-state index contributed by atoms with van der Waals surface area (Å²) in [4.78, 5) is 7.27. The summed E-state index contributed by atoms with van der Waals surface area (Å²) in [6.45, 7) is 7.01. The lowest BCUT2D eigenvalue weighted by molar-refractivity contribution is 0.0458. The summed E-state index contributed by atoms with van der Waals surface area (Å²) in [6, 6.07) is 14.0. The molecule has 0 amide bonds. The van der Waals surface area contributed by atoms with Gasteiger partial charge >= 0.3 is 0 Å². The maximum absolute atomic E-state index is 4.66. The van der Waals surface area contributed by atoms with Gasteiger partial charge in [-0.15, -0.1) is 0 Å². The number of aryl methyl sites for hydroxylation is 1. The van der Waals surface area contributed by atoms with Crippen LogP contribution in [0.25, 0.3) is 11.3 Å². The molecule has 1 N–H and O–H groups in total. The smallest absolute Gasteiger partial charge is 0.0703 e. The fraction of sp³-hybridized carbons (Fsp3) is 0.450. The van der Waals surface area contributed by atoms with E-state index < -0.39 is 0 Å². The third-order valence-electron chi connectivity index (χ3n) is 5.62. The molecule has 2 bridgehead atoms. The van der Waals surface area contributed by atoms with Crippen LogP contribution in [-0.4, -0.2) is 35.1 Å². The minimum atomic E-state index is 0.560. The topological polar surface area (TPSA) is 28.2 Å². The highest BCUT2D eigenvalue weighted by atomic mass is 15.2. The zero-order chi connectivity index (χ0) is 15.8. The minimum absolute atomic E-state index is 0.560. The lowest BCUT2D eigenvalue weighted by Gasteiger charge is -2.50. The number of piperidine rings is 3. The minimum Gasteiger partial charge on any atom is -0.379 e. The SMILES string of the molecule is Cc1ccc(-c2ccc(NC3C4CCN(CC4)C3C)cn2)cc1. The van der Waals surface area contributed by atoms with Crippen LogP contribution in [-0.2, 0) is 0 Å². The molecular weight excluding hydrogens is 282 g/mol. The number of aromatic nitrogens is 1. The molecule has 3 nitrogen and oxygen atoms in total. The monoisotopic (exact) mass is 307 g/mol. The van der Waals surface area contributed by atoms with Crippen LogP contribution in [0.15, 0.2) is 42.6 Å². The number of rotatable bonds is 3. The molecule has 0 radical (unpaired) electrons. The van der Waals surface area contributed by atoms with Crippen molar-refractivity contribution in [3.05, 3.63) is 48.2 Å². The molecular formula is C20H25N3. The van der Waals surface area contributed by atoms with E-state index in [0.29, 0.717) is 12.1 Å². The highest BCUT2D eigenvalue weighted by Gasteiger charge is 2.39. The van der Waals surface area contributed by atoms with Crippen molar-refractivity contribution in [1.29, 1.82) is 0 Å². The molecule has 2 aromatic rings. The Balaban J connectivity index is 1.49. The molecule has 3 aliphatic heterocycles. The van der Waals surface area contributed by atoms with Gasteiger partial charge in [0, 0.05) is 17.6 Å². The molecule has 3 fully saturated rings. The number of hydrogen-bond acceptors (Lipinski definition) is 3. The van der Waals surface area contributed by atoms with E-state index in [4.69, 9.17) is 0 Å². The Hall–Kier alpha value is -1.87. The highest BCUT2D eigenvalue weighted by Crippen LogP contribution is 2.34. The van der Waals surface area contributed by atoms with E-state index in [9.17, 15) is 0 Å². The van der Waals surface area contributed by atoms with E-state index in [1.54, 1.807) is 0 Å². The van der Waals surface area contributed by atoms with Gasteiger partial charge in [-0.1, -0.05) is 29.8 Å². The van der Waals surface area contributed by atoms with Crippen LogP contribution in [0.2, 0.25) is 0 Å². The third-order valence-corrected chi connectivity index (χ3v) is 5.62. The fourth-order valence-corrected chi connectivity index (χ4v) is 4.11. The van der Waals surface area contributed by atoms with Crippen molar-refractivity contribution < 1.29 is 0 Å². The first-order chi connectivity index (χ1) is 11.2. The van der Waals surface area contributed by atoms with E-state index in [0.717, 1.165) is 17.3 Å². The molecule has 120 valence electrons. The van der Waals surface area contributed by atoms with Crippen LogP contribution in [0.4, 0.5) is 5.69 Å². The summed E-state index contributed by atoms with van der Waals surface area (Å²) >= 11 is 0. The maximum Gasteiger partial charge on any atom is 0.0703 e.